The summed E-state index contributed by atoms with van der Waals surface area (Å²) in [7, 11) is -1.44. The molecule has 1 aromatic rings. The van der Waals surface area contributed by atoms with Crippen molar-refractivity contribution in [2.45, 2.75) is 26.2 Å². The van der Waals surface area contributed by atoms with E-state index in [-0.39, 0.29) is 0 Å². The van der Waals surface area contributed by atoms with E-state index in [2.05, 4.69) is 11.8 Å². The number of nitrogens with zero attached hydrogens (tertiary/aromatic N) is 1. The van der Waals surface area contributed by atoms with Crippen molar-refractivity contribution in [2.75, 3.05) is 26.2 Å². The van der Waals surface area contributed by atoms with Crippen molar-refractivity contribution in [3.63, 3.8) is 0 Å². The van der Waals surface area contributed by atoms with E-state index in [9.17, 15) is 0 Å². The predicted molar refractivity (Wildman–Crippen MR) is 81.2 cm³/mol. The van der Waals surface area contributed by atoms with Crippen LogP contribution in [0.25, 0.3) is 0 Å². The molecule has 1 aliphatic rings. The monoisotopic (exact) mass is 277 g/mol. The predicted octanol–water partition coefficient (Wildman–Crippen LogP) is 0.867. The van der Waals surface area contributed by atoms with Gasteiger partial charge >= 0.3 is 7.12 Å². The van der Waals surface area contributed by atoms with Crippen LogP contribution >= 0.6 is 0 Å². The summed E-state index contributed by atoms with van der Waals surface area (Å²) in [6, 6.07) is 6.97. The second kappa shape index (κ2) is 7.67. The third-order valence-corrected chi connectivity index (χ3v) is 3.94. The van der Waals surface area contributed by atoms with Gasteiger partial charge in [-0.25, -0.2) is 0 Å². The molecule has 0 aliphatic carbocycles. The Hall–Kier alpha value is -1.04. The van der Waals surface area contributed by atoms with Crippen LogP contribution in [0.2, 0.25) is 0 Å². The van der Waals surface area contributed by atoms with Gasteiger partial charge in [-0.1, -0.05) is 19.1 Å². The zero-order chi connectivity index (χ0) is 14.4. The fraction of sp³-hybridized carbons (Fsp3) is 0.600. The smallest absolute Gasteiger partial charge is 0.488 e. The first-order valence-corrected chi connectivity index (χ1v) is 7.46. The average Bonchev–Trinajstić information content (AvgIpc) is 2.64. The summed E-state index contributed by atoms with van der Waals surface area (Å²) in [6.45, 7) is 6.20. The van der Waals surface area contributed by atoms with E-state index < -0.39 is 7.12 Å². The zero-order valence-electron chi connectivity index (χ0n) is 12.2. The molecule has 20 heavy (non-hydrogen) atoms. The molecule has 2 N–H and O–H groups in total. The zero-order valence-corrected chi connectivity index (χ0v) is 12.2. The number of ether oxygens (including phenoxy) is 1. The Kier molecular flexibility index (Phi) is 5.89. The molecule has 1 fully saturated rings. The van der Waals surface area contributed by atoms with E-state index in [1.165, 1.54) is 19.3 Å². The lowest BCUT2D eigenvalue weighted by atomic mass is 9.80. The second-order valence-corrected chi connectivity index (χ2v) is 5.67. The van der Waals surface area contributed by atoms with Gasteiger partial charge in [0.25, 0.3) is 0 Å². The molecule has 0 aromatic heterocycles. The highest BCUT2D eigenvalue weighted by Crippen LogP contribution is 2.16. The van der Waals surface area contributed by atoms with Crippen LogP contribution in [-0.2, 0) is 0 Å². The minimum absolute atomic E-state index is 0.464. The van der Waals surface area contributed by atoms with Crippen molar-refractivity contribution in [1.82, 2.24) is 4.90 Å². The number of rotatable bonds is 5. The summed E-state index contributed by atoms with van der Waals surface area (Å²) in [5, 5.41) is 18.3. The molecule has 0 radical (unpaired) electrons. The standard InChI is InChI=1S/C15H24BNO3/c1-13-4-3-8-17(9-7-13)10-11-20-15-6-2-5-14(12-15)16(18)19/h2,5-6,12-13,18-19H,3-4,7-11H2,1H3. The van der Waals surface area contributed by atoms with Crippen molar-refractivity contribution in [1.29, 1.82) is 0 Å². The summed E-state index contributed by atoms with van der Waals surface area (Å²) in [5.41, 5.74) is 0.464. The number of hydrogen-bond donors (Lipinski definition) is 2. The van der Waals surface area contributed by atoms with Gasteiger partial charge in [0, 0.05) is 6.54 Å². The number of benzene rings is 1. The normalized spacial score (nSPS) is 20.4. The molecule has 1 aromatic carbocycles. The van der Waals surface area contributed by atoms with E-state index in [0.717, 1.165) is 25.6 Å². The summed E-state index contributed by atoms with van der Waals surface area (Å²) in [5.74, 6) is 1.53. The second-order valence-electron chi connectivity index (χ2n) is 5.67. The quantitative estimate of drug-likeness (QED) is 0.784. The Morgan fingerprint density at radius 2 is 2.15 bits per heavy atom. The molecule has 0 spiro atoms. The van der Waals surface area contributed by atoms with Gasteiger partial charge in [-0.3, -0.25) is 4.90 Å². The van der Waals surface area contributed by atoms with Crippen molar-refractivity contribution in [2.24, 2.45) is 5.92 Å². The Morgan fingerprint density at radius 1 is 1.30 bits per heavy atom. The Balaban J connectivity index is 1.76. The summed E-state index contributed by atoms with van der Waals surface area (Å²) >= 11 is 0. The van der Waals surface area contributed by atoms with Crippen molar-refractivity contribution >= 4 is 12.6 Å². The molecule has 2 rings (SSSR count). The first-order chi connectivity index (χ1) is 9.65. The van der Waals surface area contributed by atoms with E-state index >= 15 is 0 Å². The lowest BCUT2D eigenvalue weighted by molar-refractivity contribution is 0.212. The maximum Gasteiger partial charge on any atom is 0.488 e. The van der Waals surface area contributed by atoms with E-state index in [1.807, 2.05) is 6.07 Å². The van der Waals surface area contributed by atoms with Crippen LogP contribution in [0.3, 0.4) is 0 Å². The topological polar surface area (TPSA) is 52.9 Å². The van der Waals surface area contributed by atoms with Crippen molar-refractivity contribution < 1.29 is 14.8 Å². The Bertz CT molecular complexity index is 414. The molecular formula is C15H24BNO3. The molecule has 0 saturated carbocycles. The first kappa shape index (κ1) is 15.4. The highest BCUT2D eigenvalue weighted by Gasteiger charge is 2.14. The highest BCUT2D eigenvalue weighted by atomic mass is 16.5. The molecule has 1 saturated heterocycles. The third kappa shape index (κ3) is 4.82. The summed E-state index contributed by atoms with van der Waals surface area (Å²) in [4.78, 5) is 2.45. The van der Waals surface area contributed by atoms with Crippen LogP contribution in [0.5, 0.6) is 5.75 Å². The maximum absolute atomic E-state index is 9.13. The Labute approximate surface area is 121 Å². The minimum atomic E-state index is -1.44. The SMILES string of the molecule is CC1CCCN(CCOc2cccc(B(O)O)c2)CC1. The average molecular weight is 277 g/mol. The molecule has 0 bridgehead atoms. The van der Waals surface area contributed by atoms with Crippen LogP contribution in [0.4, 0.5) is 0 Å². The van der Waals surface area contributed by atoms with Gasteiger partial charge in [0.1, 0.15) is 12.4 Å². The van der Waals surface area contributed by atoms with Crippen LogP contribution in [0.15, 0.2) is 24.3 Å². The molecule has 0 amide bonds. The lowest BCUT2D eigenvalue weighted by Crippen LogP contribution is -2.31. The van der Waals surface area contributed by atoms with Gasteiger partial charge in [-0.2, -0.15) is 0 Å². The first-order valence-electron chi connectivity index (χ1n) is 7.46. The van der Waals surface area contributed by atoms with Crippen LogP contribution in [-0.4, -0.2) is 48.3 Å². The van der Waals surface area contributed by atoms with Gasteiger partial charge in [-0.15, -0.1) is 0 Å². The fourth-order valence-electron chi connectivity index (χ4n) is 2.60. The van der Waals surface area contributed by atoms with Gasteiger partial charge in [0.2, 0.25) is 0 Å². The highest BCUT2D eigenvalue weighted by molar-refractivity contribution is 6.58. The molecule has 1 atom stereocenters. The minimum Gasteiger partial charge on any atom is -0.492 e. The van der Waals surface area contributed by atoms with Crippen LogP contribution < -0.4 is 10.2 Å². The summed E-state index contributed by atoms with van der Waals surface area (Å²) < 4.78 is 5.70. The van der Waals surface area contributed by atoms with Gasteiger partial charge in [0.05, 0.1) is 0 Å². The maximum atomic E-state index is 9.13. The Morgan fingerprint density at radius 3 is 2.95 bits per heavy atom. The number of hydrogen-bond acceptors (Lipinski definition) is 4. The number of likely N-dealkylation sites (tertiary alicyclic amines) is 1. The lowest BCUT2D eigenvalue weighted by Gasteiger charge is -2.20. The third-order valence-electron chi connectivity index (χ3n) is 3.94. The van der Waals surface area contributed by atoms with Crippen LogP contribution in [0, 0.1) is 5.92 Å². The molecule has 4 nitrogen and oxygen atoms in total. The molecule has 1 unspecified atom stereocenters. The van der Waals surface area contributed by atoms with Gasteiger partial charge in [-0.05, 0) is 55.9 Å². The largest absolute Gasteiger partial charge is 0.492 e. The molecular weight excluding hydrogens is 253 g/mol. The molecule has 110 valence electrons. The molecule has 5 heteroatoms. The van der Waals surface area contributed by atoms with E-state index in [1.54, 1.807) is 18.2 Å². The van der Waals surface area contributed by atoms with E-state index in [4.69, 9.17) is 14.8 Å². The summed E-state index contributed by atoms with van der Waals surface area (Å²) in [6.07, 6.45) is 3.87. The molecule has 1 aliphatic heterocycles. The van der Waals surface area contributed by atoms with Crippen LogP contribution in [0.1, 0.15) is 26.2 Å². The van der Waals surface area contributed by atoms with Gasteiger partial charge < -0.3 is 14.8 Å². The van der Waals surface area contributed by atoms with Crippen molar-refractivity contribution in [3.8, 4) is 5.75 Å². The molecule has 1 heterocycles. The van der Waals surface area contributed by atoms with Crippen molar-refractivity contribution in [3.05, 3.63) is 24.3 Å². The fourth-order valence-corrected chi connectivity index (χ4v) is 2.60. The van der Waals surface area contributed by atoms with E-state index in [0.29, 0.717) is 17.8 Å². The van der Waals surface area contributed by atoms with Gasteiger partial charge in [0.15, 0.2) is 0 Å².